The Balaban J connectivity index is 1.68. The van der Waals surface area contributed by atoms with E-state index in [2.05, 4.69) is 0 Å². The molecule has 0 bridgehead atoms. The van der Waals surface area contributed by atoms with E-state index in [-0.39, 0.29) is 11.8 Å². The van der Waals surface area contributed by atoms with Gasteiger partial charge in [-0.25, -0.2) is 0 Å². The molecule has 0 aliphatic carbocycles. The zero-order valence-corrected chi connectivity index (χ0v) is 16.3. The van der Waals surface area contributed by atoms with E-state index in [4.69, 9.17) is 4.74 Å². The Bertz CT molecular complexity index is 828. The van der Waals surface area contributed by atoms with Crippen LogP contribution in [0.4, 0.5) is 0 Å². The Morgan fingerprint density at radius 1 is 1.00 bits per heavy atom. The van der Waals surface area contributed by atoms with Crippen LogP contribution < -0.4 is 4.74 Å². The molecule has 1 fully saturated rings. The average Bonchev–Trinajstić information content (AvgIpc) is 2.98. The van der Waals surface area contributed by atoms with Gasteiger partial charge in [-0.15, -0.1) is 0 Å². The van der Waals surface area contributed by atoms with Crippen molar-refractivity contribution < 1.29 is 14.3 Å². The molecule has 0 N–H and O–H groups in total. The summed E-state index contributed by atoms with van der Waals surface area (Å²) < 4.78 is 7.22. The minimum Gasteiger partial charge on any atom is -0.496 e. The molecule has 6 heteroatoms. The molecule has 3 rings (SSSR count). The van der Waals surface area contributed by atoms with Gasteiger partial charge in [0.25, 0.3) is 11.8 Å². The fourth-order valence-corrected chi connectivity index (χ4v) is 3.51. The van der Waals surface area contributed by atoms with Crippen molar-refractivity contribution in [2.24, 2.45) is 7.05 Å². The summed E-state index contributed by atoms with van der Waals surface area (Å²) in [7, 11) is 3.54. The van der Waals surface area contributed by atoms with Gasteiger partial charge >= 0.3 is 0 Å². The lowest BCUT2D eigenvalue weighted by molar-refractivity contribution is 0.0718. The molecule has 144 valence electrons. The van der Waals surface area contributed by atoms with Gasteiger partial charge in [0.15, 0.2) is 0 Å². The third-order valence-corrected chi connectivity index (χ3v) is 5.06. The molecule has 2 amide bonds. The highest BCUT2D eigenvalue weighted by Crippen LogP contribution is 2.22. The number of nitrogens with zero attached hydrogens (tertiary/aromatic N) is 3. The summed E-state index contributed by atoms with van der Waals surface area (Å²) in [4.78, 5) is 29.3. The number of aromatic nitrogens is 1. The van der Waals surface area contributed by atoms with Crippen molar-refractivity contribution in [2.45, 2.75) is 19.8 Å². The number of carbonyl (C=O) groups is 2. The van der Waals surface area contributed by atoms with E-state index in [1.807, 2.05) is 65.0 Å². The van der Waals surface area contributed by atoms with Crippen LogP contribution in [0.1, 0.15) is 39.6 Å². The zero-order valence-electron chi connectivity index (χ0n) is 16.3. The first kappa shape index (κ1) is 19.0. The molecule has 0 radical (unpaired) electrons. The number of aryl methyl sites for hydroxylation is 2. The Hall–Kier alpha value is -2.76. The van der Waals surface area contributed by atoms with Crippen molar-refractivity contribution in [1.29, 1.82) is 0 Å². The second-order valence-corrected chi connectivity index (χ2v) is 6.88. The molecule has 2 heterocycles. The first-order chi connectivity index (χ1) is 13.0. The number of hydrogen-bond donors (Lipinski definition) is 0. The summed E-state index contributed by atoms with van der Waals surface area (Å²) in [6, 6.07) is 7.42. The SMILES string of the molecule is CCc1cc(C(=O)N2CCCN(C(=O)c3ccn(C)c3)CC2)ccc1OC. The highest BCUT2D eigenvalue weighted by molar-refractivity contribution is 5.95. The molecule has 1 aliphatic heterocycles. The van der Waals surface area contributed by atoms with Crippen LogP contribution in [0.25, 0.3) is 0 Å². The normalized spacial score (nSPS) is 14.8. The number of hydrogen-bond acceptors (Lipinski definition) is 3. The predicted molar refractivity (Wildman–Crippen MR) is 104 cm³/mol. The number of methoxy groups -OCH3 is 1. The molecule has 6 nitrogen and oxygen atoms in total. The molecule has 0 saturated carbocycles. The number of amides is 2. The minimum atomic E-state index is 0.0152. The van der Waals surface area contributed by atoms with E-state index in [0.29, 0.717) is 37.3 Å². The van der Waals surface area contributed by atoms with Gasteiger partial charge < -0.3 is 19.1 Å². The van der Waals surface area contributed by atoms with Crippen LogP contribution in [-0.4, -0.2) is 59.5 Å². The van der Waals surface area contributed by atoms with Crippen molar-refractivity contribution in [2.75, 3.05) is 33.3 Å². The summed E-state index contributed by atoms with van der Waals surface area (Å²) in [6.07, 6.45) is 5.29. The number of benzene rings is 1. The van der Waals surface area contributed by atoms with Crippen molar-refractivity contribution in [3.8, 4) is 5.75 Å². The minimum absolute atomic E-state index is 0.0152. The summed E-state index contributed by atoms with van der Waals surface area (Å²) in [5.74, 6) is 0.855. The predicted octanol–water partition coefficient (Wildman–Crippen LogP) is 2.58. The van der Waals surface area contributed by atoms with Crippen LogP contribution in [0.5, 0.6) is 5.75 Å². The Labute approximate surface area is 160 Å². The topological polar surface area (TPSA) is 54.8 Å². The van der Waals surface area contributed by atoms with Crippen LogP contribution in [0.3, 0.4) is 0 Å². The van der Waals surface area contributed by atoms with E-state index >= 15 is 0 Å². The number of ether oxygens (including phenoxy) is 1. The quantitative estimate of drug-likeness (QED) is 0.832. The molecule has 0 spiro atoms. The van der Waals surface area contributed by atoms with Gasteiger partial charge in [0.1, 0.15) is 5.75 Å². The third kappa shape index (κ3) is 4.15. The molecule has 1 aromatic carbocycles. The maximum atomic E-state index is 12.9. The van der Waals surface area contributed by atoms with Gasteiger partial charge in [-0.1, -0.05) is 6.92 Å². The van der Waals surface area contributed by atoms with Gasteiger partial charge in [0, 0.05) is 51.2 Å². The lowest BCUT2D eigenvalue weighted by Crippen LogP contribution is -2.37. The van der Waals surface area contributed by atoms with Crippen molar-refractivity contribution in [1.82, 2.24) is 14.4 Å². The smallest absolute Gasteiger partial charge is 0.255 e. The second kappa shape index (κ2) is 8.29. The molecule has 0 unspecified atom stereocenters. The average molecular weight is 369 g/mol. The zero-order chi connectivity index (χ0) is 19.4. The van der Waals surface area contributed by atoms with E-state index in [1.165, 1.54) is 0 Å². The van der Waals surface area contributed by atoms with Gasteiger partial charge in [-0.3, -0.25) is 9.59 Å². The fourth-order valence-electron chi connectivity index (χ4n) is 3.51. The van der Waals surface area contributed by atoms with Crippen molar-refractivity contribution in [3.05, 3.63) is 53.3 Å². The maximum absolute atomic E-state index is 12.9. The maximum Gasteiger partial charge on any atom is 0.255 e. The lowest BCUT2D eigenvalue weighted by atomic mass is 10.1. The van der Waals surface area contributed by atoms with Gasteiger partial charge in [0.05, 0.1) is 12.7 Å². The largest absolute Gasteiger partial charge is 0.496 e. The molecular formula is C21H27N3O3. The Morgan fingerprint density at radius 3 is 2.22 bits per heavy atom. The molecular weight excluding hydrogens is 342 g/mol. The standard InChI is InChI=1S/C21H27N3O3/c1-4-16-14-17(6-7-19(16)27-3)20(25)23-9-5-10-24(13-12-23)21(26)18-8-11-22(2)15-18/h6-8,11,14-15H,4-5,9-10,12-13H2,1-3H3. The first-order valence-corrected chi connectivity index (χ1v) is 9.41. The molecule has 0 atom stereocenters. The molecule has 1 aromatic heterocycles. The van der Waals surface area contributed by atoms with Crippen LogP contribution in [0.15, 0.2) is 36.7 Å². The van der Waals surface area contributed by atoms with Gasteiger partial charge in [0.2, 0.25) is 0 Å². The van der Waals surface area contributed by atoms with E-state index in [9.17, 15) is 9.59 Å². The lowest BCUT2D eigenvalue weighted by Gasteiger charge is -2.22. The summed E-state index contributed by atoms with van der Waals surface area (Å²) >= 11 is 0. The third-order valence-electron chi connectivity index (χ3n) is 5.06. The highest BCUT2D eigenvalue weighted by atomic mass is 16.5. The first-order valence-electron chi connectivity index (χ1n) is 9.41. The number of carbonyl (C=O) groups excluding carboxylic acids is 2. The van der Waals surface area contributed by atoms with Crippen molar-refractivity contribution in [3.63, 3.8) is 0 Å². The van der Waals surface area contributed by atoms with Crippen molar-refractivity contribution >= 4 is 11.8 Å². The van der Waals surface area contributed by atoms with Crippen LogP contribution >= 0.6 is 0 Å². The van der Waals surface area contributed by atoms with Gasteiger partial charge in [-0.05, 0) is 42.7 Å². The summed E-state index contributed by atoms with van der Waals surface area (Å²) in [6.45, 7) is 4.47. The van der Waals surface area contributed by atoms with Gasteiger partial charge in [-0.2, -0.15) is 0 Å². The van der Waals surface area contributed by atoms with Crippen LogP contribution in [0, 0.1) is 0 Å². The fraction of sp³-hybridized carbons (Fsp3) is 0.429. The molecule has 2 aromatic rings. The summed E-state index contributed by atoms with van der Waals surface area (Å²) in [5.41, 5.74) is 2.40. The molecule has 27 heavy (non-hydrogen) atoms. The second-order valence-electron chi connectivity index (χ2n) is 6.88. The monoisotopic (exact) mass is 369 g/mol. The van der Waals surface area contributed by atoms with Crippen LogP contribution in [-0.2, 0) is 13.5 Å². The summed E-state index contributed by atoms with van der Waals surface area (Å²) in [5, 5.41) is 0. The number of rotatable bonds is 4. The highest BCUT2D eigenvalue weighted by Gasteiger charge is 2.24. The Morgan fingerprint density at radius 2 is 1.67 bits per heavy atom. The molecule has 1 aliphatic rings. The van der Waals surface area contributed by atoms with E-state index in [0.717, 1.165) is 24.2 Å². The molecule has 1 saturated heterocycles. The van der Waals surface area contributed by atoms with Crippen LogP contribution in [0.2, 0.25) is 0 Å². The van der Waals surface area contributed by atoms with E-state index in [1.54, 1.807) is 7.11 Å². The van der Waals surface area contributed by atoms with E-state index < -0.39 is 0 Å². The Kier molecular flexibility index (Phi) is 5.84.